The van der Waals surface area contributed by atoms with Gasteiger partial charge in [-0.15, -0.1) is 0 Å². The number of anilines is 1. The highest BCUT2D eigenvalue weighted by atomic mass is 32.2. The van der Waals surface area contributed by atoms with E-state index in [1.807, 2.05) is 0 Å². The van der Waals surface area contributed by atoms with Crippen LogP contribution in [0.4, 0.5) is 19.0 Å². The Kier molecular flexibility index (Phi) is 5.08. The molecule has 8 nitrogen and oxygen atoms in total. The Bertz CT molecular complexity index is 919. The third kappa shape index (κ3) is 3.45. The first kappa shape index (κ1) is 21.4. The molecule has 0 radical (unpaired) electrons. The Morgan fingerprint density at radius 1 is 1.38 bits per heavy atom. The molecule has 2 aliphatic rings. The summed E-state index contributed by atoms with van der Waals surface area (Å²) in [6, 6.07) is 1.59. The SMILES string of the molecule is C[C@]1(N(c2ccc(C(F)(F)F)cn2)S(=O)O)C=C(C(=O)O)[C@]2(O)C(=O)CC[C@@H]2C1. The molecule has 158 valence electrons. The first-order valence-electron chi connectivity index (χ1n) is 8.47. The van der Waals surface area contributed by atoms with Crippen LogP contribution in [0.2, 0.25) is 0 Å². The third-order valence-electron chi connectivity index (χ3n) is 5.40. The molecule has 1 fully saturated rings. The number of ketones is 1. The number of carboxylic acid groups (broad SMARTS) is 1. The van der Waals surface area contributed by atoms with Crippen molar-refractivity contribution in [3.05, 3.63) is 35.5 Å². The number of aliphatic hydroxyl groups is 1. The summed E-state index contributed by atoms with van der Waals surface area (Å²) < 4.78 is 61.0. The number of pyridine rings is 1. The molecule has 1 heterocycles. The van der Waals surface area contributed by atoms with E-state index in [-0.39, 0.29) is 25.1 Å². The van der Waals surface area contributed by atoms with Crippen LogP contribution in [-0.2, 0) is 27.0 Å². The molecule has 3 rings (SSSR count). The average Bonchev–Trinajstić information content (AvgIpc) is 2.89. The van der Waals surface area contributed by atoms with Gasteiger partial charge in [0.25, 0.3) is 11.3 Å². The predicted octanol–water partition coefficient (Wildman–Crippen LogP) is 1.93. The summed E-state index contributed by atoms with van der Waals surface area (Å²) in [6.45, 7) is 1.39. The van der Waals surface area contributed by atoms with Crippen LogP contribution >= 0.6 is 0 Å². The van der Waals surface area contributed by atoms with E-state index in [0.29, 0.717) is 12.3 Å². The molecule has 1 aromatic heterocycles. The molecule has 4 atom stereocenters. The Labute approximate surface area is 165 Å². The first-order chi connectivity index (χ1) is 13.3. The van der Waals surface area contributed by atoms with E-state index in [1.54, 1.807) is 0 Å². The summed E-state index contributed by atoms with van der Waals surface area (Å²) in [5.41, 5.74) is -5.40. The van der Waals surface area contributed by atoms with E-state index in [4.69, 9.17) is 0 Å². The average molecular weight is 434 g/mol. The van der Waals surface area contributed by atoms with Crippen LogP contribution in [0.5, 0.6) is 0 Å². The zero-order valence-corrected chi connectivity index (χ0v) is 15.8. The molecule has 0 spiro atoms. The van der Waals surface area contributed by atoms with Gasteiger partial charge >= 0.3 is 12.1 Å². The number of carbonyl (C=O) groups excluding carboxylic acids is 1. The Hall–Kier alpha value is -2.31. The molecule has 2 aliphatic carbocycles. The second kappa shape index (κ2) is 6.89. The fraction of sp³-hybridized carbons (Fsp3) is 0.471. The number of alkyl halides is 3. The number of rotatable bonds is 4. The number of nitrogens with zero attached hydrogens (tertiary/aromatic N) is 2. The monoisotopic (exact) mass is 434 g/mol. The number of carboxylic acids is 1. The first-order valence-corrected chi connectivity index (χ1v) is 9.54. The van der Waals surface area contributed by atoms with Crippen molar-refractivity contribution in [3.63, 3.8) is 0 Å². The van der Waals surface area contributed by atoms with Crippen LogP contribution in [0.1, 0.15) is 31.7 Å². The summed E-state index contributed by atoms with van der Waals surface area (Å²) >= 11 is -2.79. The van der Waals surface area contributed by atoms with Crippen LogP contribution in [0.15, 0.2) is 30.0 Å². The van der Waals surface area contributed by atoms with E-state index in [1.165, 1.54) is 6.92 Å². The lowest BCUT2D eigenvalue weighted by atomic mass is 9.69. The summed E-state index contributed by atoms with van der Waals surface area (Å²) in [5, 5.41) is 20.3. The number of carbonyl (C=O) groups is 2. The van der Waals surface area contributed by atoms with Gasteiger partial charge in [-0.2, -0.15) is 13.2 Å². The third-order valence-corrected chi connectivity index (χ3v) is 6.31. The van der Waals surface area contributed by atoms with Gasteiger partial charge in [-0.05, 0) is 38.0 Å². The van der Waals surface area contributed by atoms with Gasteiger partial charge < -0.3 is 10.2 Å². The zero-order chi connectivity index (χ0) is 21.8. The number of fused-ring (bicyclic) bond motifs is 1. The second-order valence-electron chi connectivity index (χ2n) is 7.28. The smallest absolute Gasteiger partial charge is 0.417 e. The molecule has 1 saturated carbocycles. The molecule has 0 amide bonds. The standard InChI is InChI=1S/C17H17F3N2O6S/c1-15(6-9-2-4-12(23)16(9,26)11(7-15)14(24)25)22(29(27)28)13-5-3-10(8-21-13)17(18,19)20/h3,5,7-9,26H,2,4,6H2,1H3,(H,24,25)(H,27,28)/t9-,15-,16+/m1/s1. The van der Waals surface area contributed by atoms with E-state index in [0.717, 1.165) is 16.4 Å². The maximum absolute atomic E-state index is 12.8. The molecule has 1 aromatic rings. The van der Waals surface area contributed by atoms with Crippen molar-refractivity contribution in [1.82, 2.24) is 4.98 Å². The van der Waals surface area contributed by atoms with Crippen molar-refractivity contribution in [2.24, 2.45) is 5.92 Å². The minimum absolute atomic E-state index is 0.0530. The van der Waals surface area contributed by atoms with Gasteiger partial charge in [-0.3, -0.25) is 9.35 Å². The van der Waals surface area contributed by atoms with E-state index >= 15 is 0 Å². The van der Waals surface area contributed by atoms with Gasteiger partial charge in [-0.1, -0.05) is 0 Å². The van der Waals surface area contributed by atoms with Crippen LogP contribution < -0.4 is 4.31 Å². The predicted molar refractivity (Wildman–Crippen MR) is 93.9 cm³/mol. The number of aromatic nitrogens is 1. The van der Waals surface area contributed by atoms with Crippen molar-refractivity contribution in [1.29, 1.82) is 0 Å². The summed E-state index contributed by atoms with van der Waals surface area (Å²) in [7, 11) is 0. The van der Waals surface area contributed by atoms with Crippen molar-refractivity contribution < 1.29 is 41.7 Å². The Morgan fingerprint density at radius 3 is 2.52 bits per heavy atom. The van der Waals surface area contributed by atoms with Crippen LogP contribution in [0, 0.1) is 5.92 Å². The molecular formula is C17H17F3N2O6S. The van der Waals surface area contributed by atoms with E-state index < -0.39 is 57.4 Å². The maximum Gasteiger partial charge on any atom is 0.417 e. The van der Waals surface area contributed by atoms with Gasteiger partial charge in [0.1, 0.15) is 5.82 Å². The molecule has 0 saturated heterocycles. The second-order valence-corrected chi connectivity index (χ2v) is 8.10. The van der Waals surface area contributed by atoms with Crippen LogP contribution in [0.25, 0.3) is 0 Å². The lowest BCUT2D eigenvalue weighted by Gasteiger charge is -2.45. The van der Waals surface area contributed by atoms with E-state index in [9.17, 15) is 41.7 Å². The summed E-state index contributed by atoms with van der Waals surface area (Å²) in [5.74, 6) is -3.35. The molecule has 3 N–H and O–H groups in total. The maximum atomic E-state index is 12.8. The summed E-state index contributed by atoms with van der Waals surface area (Å²) in [6.07, 6.45) is -3.12. The topological polar surface area (TPSA) is 128 Å². The summed E-state index contributed by atoms with van der Waals surface area (Å²) in [4.78, 5) is 27.5. The molecule has 12 heteroatoms. The Morgan fingerprint density at radius 2 is 2.03 bits per heavy atom. The highest BCUT2D eigenvalue weighted by Crippen LogP contribution is 2.49. The van der Waals surface area contributed by atoms with Gasteiger partial charge in [0, 0.05) is 18.5 Å². The Balaban J connectivity index is 2.11. The zero-order valence-electron chi connectivity index (χ0n) is 15.0. The van der Waals surface area contributed by atoms with Gasteiger partial charge in [-0.25, -0.2) is 18.3 Å². The largest absolute Gasteiger partial charge is 0.478 e. The van der Waals surface area contributed by atoms with Gasteiger partial charge in [0.2, 0.25) is 0 Å². The lowest BCUT2D eigenvalue weighted by molar-refractivity contribution is -0.143. The molecule has 0 bridgehead atoms. The number of aliphatic carboxylic acids is 1. The molecule has 0 aliphatic heterocycles. The van der Waals surface area contributed by atoms with Crippen LogP contribution in [-0.4, -0.2) is 46.9 Å². The van der Waals surface area contributed by atoms with Crippen LogP contribution in [0.3, 0.4) is 0 Å². The molecular weight excluding hydrogens is 417 g/mol. The van der Waals surface area contributed by atoms with Crippen molar-refractivity contribution >= 4 is 28.8 Å². The van der Waals surface area contributed by atoms with Crippen molar-refractivity contribution in [2.75, 3.05) is 4.31 Å². The number of halogens is 3. The quantitative estimate of drug-likeness (QED) is 0.618. The fourth-order valence-electron chi connectivity index (χ4n) is 4.09. The highest BCUT2D eigenvalue weighted by molar-refractivity contribution is 7.80. The van der Waals surface area contributed by atoms with Gasteiger partial charge in [0.05, 0.1) is 16.7 Å². The van der Waals surface area contributed by atoms with E-state index in [2.05, 4.69) is 4.98 Å². The number of Topliss-reactive ketones (excluding diaryl/α,β-unsaturated/α-hetero) is 1. The minimum atomic E-state index is -4.65. The molecule has 1 unspecified atom stereocenters. The molecule has 0 aromatic carbocycles. The molecule has 29 heavy (non-hydrogen) atoms. The van der Waals surface area contributed by atoms with Gasteiger partial charge in [0.15, 0.2) is 11.4 Å². The number of hydrogen-bond acceptors (Lipinski definition) is 5. The van der Waals surface area contributed by atoms with Crippen molar-refractivity contribution in [3.8, 4) is 0 Å². The fourth-order valence-corrected chi connectivity index (χ4v) is 4.84. The highest BCUT2D eigenvalue weighted by Gasteiger charge is 2.59. The number of hydrogen-bond donors (Lipinski definition) is 3. The normalized spacial score (nSPS) is 30.5. The minimum Gasteiger partial charge on any atom is -0.478 e. The van der Waals surface area contributed by atoms with Crippen molar-refractivity contribution in [2.45, 2.75) is 43.5 Å². The lowest BCUT2D eigenvalue weighted by Crippen LogP contribution is -2.57.